The lowest BCUT2D eigenvalue weighted by Gasteiger charge is -2.16. The summed E-state index contributed by atoms with van der Waals surface area (Å²) in [5.41, 5.74) is 0. The molecule has 0 aliphatic heterocycles. The number of hydrogen-bond acceptors (Lipinski definition) is 3. The van der Waals surface area contributed by atoms with Crippen LogP contribution in [0.1, 0.15) is 32.6 Å². The molecule has 0 amide bonds. The predicted octanol–water partition coefficient (Wildman–Crippen LogP) is 0.952. The summed E-state index contributed by atoms with van der Waals surface area (Å²) >= 11 is 0. The standard InChI is InChI=1S/C12H24N2O2S/c1-2-13-7-8-17(15,16)14-9-12(10-3-4-10)11-5-6-11/h10-14H,2-9H2,1H3. The summed E-state index contributed by atoms with van der Waals surface area (Å²) in [4.78, 5) is 0. The van der Waals surface area contributed by atoms with Crippen molar-refractivity contribution in [1.82, 2.24) is 10.0 Å². The Morgan fingerprint density at radius 2 is 1.76 bits per heavy atom. The zero-order chi connectivity index (χ0) is 12.3. The maximum Gasteiger partial charge on any atom is 0.212 e. The van der Waals surface area contributed by atoms with Gasteiger partial charge in [-0.15, -0.1) is 0 Å². The van der Waals surface area contributed by atoms with Crippen LogP contribution in [0.2, 0.25) is 0 Å². The minimum Gasteiger partial charge on any atom is -0.316 e. The second-order valence-corrected chi connectivity index (χ2v) is 7.29. The lowest BCUT2D eigenvalue weighted by atomic mass is 9.99. The van der Waals surface area contributed by atoms with E-state index in [1.165, 1.54) is 25.7 Å². The topological polar surface area (TPSA) is 58.2 Å². The molecule has 4 nitrogen and oxygen atoms in total. The van der Waals surface area contributed by atoms with Gasteiger partial charge in [-0.3, -0.25) is 0 Å². The van der Waals surface area contributed by atoms with Crippen molar-refractivity contribution in [1.29, 1.82) is 0 Å². The molecule has 0 spiro atoms. The Kier molecular flexibility index (Phi) is 4.44. The molecule has 0 saturated heterocycles. The van der Waals surface area contributed by atoms with Crippen LogP contribution in [0.15, 0.2) is 0 Å². The molecule has 2 N–H and O–H groups in total. The maximum absolute atomic E-state index is 11.7. The smallest absolute Gasteiger partial charge is 0.212 e. The van der Waals surface area contributed by atoms with E-state index in [1.807, 2.05) is 6.92 Å². The van der Waals surface area contributed by atoms with Gasteiger partial charge in [-0.1, -0.05) is 6.92 Å². The van der Waals surface area contributed by atoms with Gasteiger partial charge in [-0.25, -0.2) is 13.1 Å². The minimum absolute atomic E-state index is 0.197. The van der Waals surface area contributed by atoms with Gasteiger partial charge in [-0.05, 0) is 50.0 Å². The molecule has 0 aromatic carbocycles. The Labute approximate surface area is 105 Å². The Morgan fingerprint density at radius 1 is 1.18 bits per heavy atom. The van der Waals surface area contributed by atoms with E-state index in [1.54, 1.807) is 0 Å². The summed E-state index contributed by atoms with van der Waals surface area (Å²) in [6.07, 6.45) is 5.22. The van der Waals surface area contributed by atoms with Crippen LogP contribution in [0.4, 0.5) is 0 Å². The van der Waals surface area contributed by atoms with E-state index in [4.69, 9.17) is 0 Å². The van der Waals surface area contributed by atoms with Crippen molar-refractivity contribution in [3.05, 3.63) is 0 Å². The fraction of sp³-hybridized carbons (Fsp3) is 1.00. The van der Waals surface area contributed by atoms with E-state index in [0.29, 0.717) is 19.0 Å². The summed E-state index contributed by atoms with van der Waals surface area (Å²) in [6, 6.07) is 0. The van der Waals surface area contributed by atoms with E-state index in [2.05, 4.69) is 10.0 Å². The van der Waals surface area contributed by atoms with E-state index < -0.39 is 10.0 Å². The van der Waals surface area contributed by atoms with Gasteiger partial charge in [0.25, 0.3) is 0 Å². The van der Waals surface area contributed by atoms with Crippen molar-refractivity contribution < 1.29 is 8.42 Å². The summed E-state index contributed by atoms with van der Waals surface area (Å²) in [5, 5.41) is 3.04. The molecule has 2 aliphatic rings. The third-order valence-corrected chi connectivity index (χ3v) is 5.14. The zero-order valence-electron chi connectivity index (χ0n) is 10.6. The van der Waals surface area contributed by atoms with E-state index >= 15 is 0 Å². The molecule has 0 radical (unpaired) electrons. The summed E-state index contributed by atoms with van der Waals surface area (Å²) < 4.78 is 26.3. The first-order valence-electron chi connectivity index (χ1n) is 6.80. The molecule has 0 bridgehead atoms. The van der Waals surface area contributed by atoms with Crippen LogP contribution in [0.25, 0.3) is 0 Å². The van der Waals surface area contributed by atoms with Gasteiger partial charge >= 0.3 is 0 Å². The molecule has 100 valence electrons. The Balaban J connectivity index is 1.71. The Morgan fingerprint density at radius 3 is 2.24 bits per heavy atom. The number of sulfonamides is 1. The highest BCUT2D eigenvalue weighted by Gasteiger charge is 2.41. The Bertz CT molecular complexity index is 322. The first kappa shape index (κ1) is 13.3. The third kappa shape index (κ3) is 4.56. The van der Waals surface area contributed by atoms with Gasteiger partial charge in [0.05, 0.1) is 5.75 Å². The van der Waals surface area contributed by atoms with Gasteiger partial charge < -0.3 is 5.32 Å². The molecular formula is C12H24N2O2S. The SMILES string of the molecule is CCNCCS(=O)(=O)NCC(C1CC1)C1CC1. The lowest BCUT2D eigenvalue weighted by molar-refractivity contribution is 0.401. The molecule has 2 aliphatic carbocycles. The second kappa shape index (κ2) is 5.67. The van der Waals surface area contributed by atoms with Crippen LogP contribution in [-0.2, 0) is 10.0 Å². The van der Waals surface area contributed by atoms with Crippen LogP contribution in [-0.4, -0.2) is 33.8 Å². The van der Waals surface area contributed by atoms with Gasteiger partial charge in [0, 0.05) is 13.1 Å². The highest BCUT2D eigenvalue weighted by atomic mass is 32.2. The van der Waals surface area contributed by atoms with Crippen molar-refractivity contribution in [2.75, 3.05) is 25.4 Å². The van der Waals surface area contributed by atoms with Crippen LogP contribution < -0.4 is 10.0 Å². The van der Waals surface area contributed by atoms with E-state index in [-0.39, 0.29) is 5.75 Å². The van der Waals surface area contributed by atoms with Crippen molar-refractivity contribution in [2.24, 2.45) is 17.8 Å². The van der Waals surface area contributed by atoms with Crippen LogP contribution in [0, 0.1) is 17.8 Å². The highest BCUT2D eigenvalue weighted by Crippen LogP contribution is 2.48. The highest BCUT2D eigenvalue weighted by molar-refractivity contribution is 7.89. The maximum atomic E-state index is 11.7. The first-order chi connectivity index (χ1) is 8.12. The van der Waals surface area contributed by atoms with Crippen LogP contribution in [0.5, 0.6) is 0 Å². The molecule has 2 saturated carbocycles. The molecule has 2 fully saturated rings. The van der Waals surface area contributed by atoms with Crippen LogP contribution >= 0.6 is 0 Å². The average molecular weight is 260 g/mol. The number of nitrogens with one attached hydrogen (secondary N) is 2. The molecule has 0 aromatic heterocycles. The normalized spacial score (nSPS) is 21.1. The fourth-order valence-electron chi connectivity index (χ4n) is 2.45. The number of hydrogen-bond donors (Lipinski definition) is 2. The third-order valence-electron chi connectivity index (χ3n) is 3.79. The Hall–Kier alpha value is -0.130. The monoisotopic (exact) mass is 260 g/mol. The average Bonchev–Trinajstić information content (AvgIpc) is 3.13. The molecule has 2 rings (SSSR count). The summed E-state index contributed by atoms with van der Waals surface area (Å²) in [7, 11) is -3.07. The van der Waals surface area contributed by atoms with E-state index in [0.717, 1.165) is 18.4 Å². The predicted molar refractivity (Wildman–Crippen MR) is 69.3 cm³/mol. The second-order valence-electron chi connectivity index (χ2n) is 5.36. The first-order valence-corrected chi connectivity index (χ1v) is 8.45. The quantitative estimate of drug-likeness (QED) is 0.607. The van der Waals surface area contributed by atoms with Gasteiger partial charge in [-0.2, -0.15) is 0 Å². The summed E-state index contributed by atoms with van der Waals surface area (Å²) in [6.45, 7) is 4.02. The molecular weight excluding hydrogens is 236 g/mol. The number of rotatable bonds is 9. The fourth-order valence-corrected chi connectivity index (χ4v) is 3.45. The molecule has 17 heavy (non-hydrogen) atoms. The van der Waals surface area contributed by atoms with Crippen molar-refractivity contribution in [3.63, 3.8) is 0 Å². The van der Waals surface area contributed by atoms with Crippen molar-refractivity contribution in [2.45, 2.75) is 32.6 Å². The van der Waals surface area contributed by atoms with Crippen LogP contribution in [0.3, 0.4) is 0 Å². The largest absolute Gasteiger partial charge is 0.316 e. The zero-order valence-corrected chi connectivity index (χ0v) is 11.4. The molecule has 0 unspecified atom stereocenters. The lowest BCUT2D eigenvalue weighted by Crippen LogP contribution is -2.35. The van der Waals surface area contributed by atoms with Crippen molar-refractivity contribution in [3.8, 4) is 0 Å². The minimum atomic E-state index is -3.07. The summed E-state index contributed by atoms with van der Waals surface area (Å²) in [5.74, 6) is 2.42. The van der Waals surface area contributed by atoms with Gasteiger partial charge in [0.1, 0.15) is 0 Å². The molecule has 5 heteroatoms. The molecule has 0 atom stereocenters. The van der Waals surface area contributed by atoms with Crippen molar-refractivity contribution >= 4 is 10.0 Å². The molecule has 0 aromatic rings. The molecule has 0 heterocycles. The van der Waals surface area contributed by atoms with E-state index in [9.17, 15) is 8.42 Å². The van der Waals surface area contributed by atoms with Gasteiger partial charge in [0.2, 0.25) is 10.0 Å². The van der Waals surface area contributed by atoms with Gasteiger partial charge in [0.15, 0.2) is 0 Å².